The van der Waals surface area contributed by atoms with Crippen molar-refractivity contribution in [3.8, 4) is 5.69 Å². The van der Waals surface area contributed by atoms with Crippen LogP contribution in [0.2, 0.25) is 0 Å². The van der Waals surface area contributed by atoms with Crippen LogP contribution in [0.25, 0.3) is 47.7 Å². The molecule has 0 fully saturated rings. The Morgan fingerprint density at radius 2 is 0.957 bits per heavy atom. The molecule has 9 rings (SSSR count). The number of thiophene rings is 1. The van der Waals surface area contributed by atoms with Crippen LogP contribution in [0, 0.1) is 6.92 Å². The number of hydrogen-bond acceptors (Lipinski definition) is 1. The molecule has 0 spiro atoms. The highest BCUT2D eigenvalue weighted by molar-refractivity contribution is 7.26. The average molecular weight is 622 g/mol. The molecule has 46 heavy (non-hydrogen) atoms. The third kappa shape index (κ3) is 4.06. The zero-order valence-electron chi connectivity index (χ0n) is 25.5. The third-order valence-electron chi connectivity index (χ3n) is 9.59. The van der Waals surface area contributed by atoms with E-state index in [1.54, 1.807) is 0 Å². The number of aromatic nitrogens is 1. The number of fused-ring (bicyclic) bond motifs is 6. The van der Waals surface area contributed by atoms with E-state index in [-0.39, 0.29) is 0 Å². The summed E-state index contributed by atoms with van der Waals surface area (Å²) in [6.07, 6.45) is 0. The van der Waals surface area contributed by atoms with E-state index < -0.39 is 8.07 Å². The van der Waals surface area contributed by atoms with Crippen molar-refractivity contribution in [2.75, 3.05) is 0 Å². The summed E-state index contributed by atoms with van der Waals surface area (Å²) in [5, 5.41) is 10.8. The van der Waals surface area contributed by atoms with Crippen LogP contribution < -0.4 is 20.7 Å². The molecule has 9 aromatic rings. The summed E-state index contributed by atoms with van der Waals surface area (Å²) in [6, 6.07) is 63.5. The van der Waals surface area contributed by atoms with Crippen LogP contribution >= 0.6 is 11.3 Å². The summed E-state index contributed by atoms with van der Waals surface area (Å²) < 4.78 is 5.08. The highest BCUT2D eigenvalue weighted by Gasteiger charge is 2.41. The van der Waals surface area contributed by atoms with Crippen LogP contribution in [0.3, 0.4) is 0 Å². The van der Waals surface area contributed by atoms with Crippen molar-refractivity contribution in [2.24, 2.45) is 0 Å². The van der Waals surface area contributed by atoms with E-state index >= 15 is 0 Å². The molecule has 0 aliphatic carbocycles. The number of rotatable bonds is 5. The van der Waals surface area contributed by atoms with Crippen molar-refractivity contribution < 1.29 is 0 Å². The Labute approximate surface area is 273 Å². The Bertz CT molecular complexity index is 2430. The fraction of sp³-hybridized carbons (Fsp3) is 0.0233. The van der Waals surface area contributed by atoms with Crippen LogP contribution in [0.15, 0.2) is 170 Å². The van der Waals surface area contributed by atoms with Gasteiger partial charge in [0, 0.05) is 36.6 Å². The molecular formula is C43H31NSSi. The van der Waals surface area contributed by atoms with Gasteiger partial charge in [-0.3, -0.25) is 0 Å². The summed E-state index contributed by atoms with van der Waals surface area (Å²) >= 11 is 1.89. The molecule has 0 saturated heterocycles. The van der Waals surface area contributed by atoms with Gasteiger partial charge in [0.05, 0.1) is 11.0 Å². The predicted molar refractivity (Wildman–Crippen MR) is 202 cm³/mol. The van der Waals surface area contributed by atoms with Gasteiger partial charge in [0.2, 0.25) is 0 Å². The first-order chi connectivity index (χ1) is 22.7. The molecule has 2 heterocycles. The molecule has 2 aromatic heterocycles. The number of hydrogen-bond donors (Lipinski definition) is 0. The zero-order valence-corrected chi connectivity index (χ0v) is 27.3. The van der Waals surface area contributed by atoms with E-state index in [1.807, 2.05) is 11.3 Å². The first kappa shape index (κ1) is 27.1. The summed E-state index contributed by atoms with van der Waals surface area (Å²) in [5.74, 6) is 0. The fourth-order valence-electron chi connectivity index (χ4n) is 7.57. The Hall–Kier alpha value is -5.22. The van der Waals surface area contributed by atoms with Gasteiger partial charge in [0.15, 0.2) is 8.07 Å². The van der Waals surface area contributed by atoms with Crippen molar-refractivity contribution in [3.63, 3.8) is 0 Å². The van der Waals surface area contributed by atoms with Crippen molar-refractivity contribution in [3.05, 3.63) is 175 Å². The van der Waals surface area contributed by atoms with Crippen molar-refractivity contribution in [1.82, 2.24) is 4.57 Å². The lowest BCUT2D eigenvalue weighted by Gasteiger charge is -2.34. The second kappa shape index (κ2) is 10.7. The third-order valence-corrected chi connectivity index (χ3v) is 15.5. The van der Waals surface area contributed by atoms with Gasteiger partial charge in [-0.1, -0.05) is 133 Å². The van der Waals surface area contributed by atoms with E-state index in [2.05, 4.69) is 181 Å². The highest BCUT2D eigenvalue weighted by Crippen LogP contribution is 2.38. The molecular weight excluding hydrogens is 591 g/mol. The van der Waals surface area contributed by atoms with Crippen LogP contribution in [-0.4, -0.2) is 12.6 Å². The molecule has 0 saturated carbocycles. The molecule has 0 amide bonds. The second-order valence-corrected chi connectivity index (χ2v) is 17.1. The molecule has 0 unspecified atom stereocenters. The van der Waals surface area contributed by atoms with Gasteiger partial charge in [-0.25, -0.2) is 0 Å². The molecule has 0 atom stereocenters. The Morgan fingerprint density at radius 1 is 0.413 bits per heavy atom. The maximum Gasteiger partial charge on any atom is 0.179 e. The van der Waals surface area contributed by atoms with E-state index in [4.69, 9.17) is 0 Å². The van der Waals surface area contributed by atoms with Crippen LogP contribution in [0.5, 0.6) is 0 Å². The first-order valence-corrected chi connectivity index (χ1v) is 18.7. The van der Waals surface area contributed by atoms with Gasteiger partial charge in [-0.15, -0.1) is 11.3 Å². The standard InChI is InChI=1S/C43H31NSSi/c1-30-21-24-41-37(27-30)36-19-11-12-20-40(36)44(41)31-22-25-42-38(28-31)39-29-35(23-26-43(39)45-42)46(32-13-5-2-6-14-32,33-15-7-3-8-16-33)34-17-9-4-10-18-34/h2-29H,1H3. The first-order valence-electron chi connectivity index (χ1n) is 15.9. The monoisotopic (exact) mass is 621 g/mol. The Kier molecular flexibility index (Phi) is 6.31. The highest BCUT2D eigenvalue weighted by atomic mass is 32.1. The predicted octanol–water partition coefficient (Wildman–Crippen LogP) is 8.84. The average Bonchev–Trinajstić information content (AvgIpc) is 3.65. The molecule has 218 valence electrons. The summed E-state index contributed by atoms with van der Waals surface area (Å²) in [5.41, 5.74) is 4.97. The van der Waals surface area contributed by atoms with Crippen LogP contribution in [-0.2, 0) is 0 Å². The van der Waals surface area contributed by atoms with Gasteiger partial charge in [0.25, 0.3) is 0 Å². The number of aryl methyl sites for hydroxylation is 1. The van der Waals surface area contributed by atoms with Crippen molar-refractivity contribution >= 4 is 82.1 Å². The molecule has 0 radical (unpaired) electrons. The molecule has 0 bridgehead atoms. The minimum absolute atomic E-state index is 1.20. The topological polar surface area (TPSA) is 4.93 Å². The number of nitrogens with zero attached hydrogens (tertiary/aromatic N) is 1. The van der Waals surface area contributed by atoms with Crippen molar-refractivity contribution in [1.29, 1.82) is 0 Å². The van der Waals surface area contributed by atoms with Crippen LogP contribution in [0.4, 0.5) is 0 Å². The lowest BCUT2D eigenvalue weighted by molar-refractivity contribution is 1.19. The smallest absolute Gasteiger partial charge is 0.179 e. The largest absolute Gasteiger partial charge is 0.309 e. The fourth-order valence-corrected chi connectivity index (χ4v) is 13.4. The van der Waals surface area contributed by atoms with Gasteiger partial charge >= 0.3 is 0 Å². The SMILES string of the molecule is Cc1ccc2c(c1)c1ccccc1n2-c1ccc2sc3ccc([Si](c4ccccc4)(c4ccccc4)c4ccccc4)cc3c2c1. The van der Waals surface area contributed by atoms with Crippen molar-refractivity contribution in [2.45, 2.75) is 6.92 Å². The molecule has 7 aromatic carbocycles. The maximum atomic E-state index is 2.52. The van der Waals surface area contributed by atoms with Gasteiger partial charge in [0.1, 0.15) is 0 Å². The summed E-state index contributed by atoms with van der Waals surface area (Å²) in [6.45, 7) is 2.18. The van der Waals surface area contributed by atoms with Crippen LogP contribution in [0.1, 0.15) is 5.56 Å². The molecule has 1 nitrogen and oxygen atoms in total. The van der Waals surface area contributed by atoms with E-state index in [0.29, 0.717) is 0 Å². The lowest BCUT2D eigenvalue weighted by atomic mass is 10.1. The second-order valence-electron chi connectivity index (χ2n) is 12.2. The van der Waals surface area contributed by atoms with E-state index in [1.165, 1.54) is 74.0 Å². The normalized spacial score (nSPS) is 12.0. The Balaban J connectivity index is 1.33. The van der Waals surface area contributed by atoms with Gasteiger partial charge in [-0.05, 0) is 70.1 Å². The number of benzene rings is 7. The molecule has 0 N–H and O–H groups in total. The number of para-hydroxylation sites is 1. The summed E-state index contributed by atoms with van der Waals surface area (Å²) in [4.78, 5) is 0. The maximum absolute atomic E-state index is 2.62. The van der Waals surface area contributed by atoms with Gasteiger partial charge < -0.3 is 4.57 Å². The minimum Gasteiger partial charge on any atom is -0.309 e. The lowest BCUT2D eigenvalue weighted by Crippen LogP contribution is -2.74. The Morgan fingerprint density at radius 3 is 1.61 bits per heavy atom. The minimum atomic E-state index is -2.62. The zero-order chi connectivity index (χ0) is 30.7. The van der Waals surface area contributed by atoms with Gasteiger partial charge in [-0.2, -0.15) is 0 Å². The quantitative estimate of drug-likeness (QED) is 0.134. The summed E-state index contributed by atoms with van der Waals surface area (Å²) in [7, 11) is -2.62. The molecule has 3 heteroatoms. The van der Waals surface area contributed by atoms with E-state index in [0.717, 1.165) is 0 Å². The van der Waals surface area contributed by atoms with E-state index in [9.17, 15) is 0 Å². The molecule has 0 aliphatic heterocycles. The molecule has 0 aliphatic rings.